The highest BCUT2D eigenvalue weighted by molar-refractivity contribution is 5.47. The fourth-order valence-electron chi connectivity index (χ4n) is 1.41. The summed E-state index contributed by atoms with van der Waals surface area (Å²) in [4.78, 5) is 14.0. The van der Waals surface area contributed by atoms with Crippen LogP contribution in [0.25, 0.3) is 0 Å². The van der Waals surface area contributed by atoms with Gasteiger partial charge in [-0.15, -0.1) is 0 Å². The van der Waals surface area contributed by atoms with Gasteiger partial charge in [0, 0.05) is 35.7 Å². The summed E-state index contributed by atoms with van der Waals surface area (Å²) in [5.41, 5.74) is 1.55. The molecule has 0 aliphatic rings. The molecule has 2 rings (SSSR count). The van der Waals surface area contributed by atoms with Gasteiger partial charge in [0.1, 0.15) is 6.07 Å². The molecule has 0 N–H and O–H groups in total. The SMILES string of the molecule is N#Cc1cncc(C#Cc2cccc([N+](=O)[O-])c2)c1. The van der Waals surface area contributed by atoms with Gasteiger partial charge in [0.05, 0.1) is 10.5 Å². The number of aromatic nitrogens is 1. The Bertz CT molecular complexity index is 736. The van der Waals surface area contributed by atoms with Crippen LogP contribution in [0.3, 0.4) is 0 Å². The Morgan fingerprint density at radius 2 is 1.84 bits per heavy atom. The van der Waals surface area contributed by atoms with E-state index in [9.17, 15) is 10.1 Å². The van der Waals surface area contributed by atoms with Crippen LogP contribution >= 0.6 is 0 Å². The zero-order valence-corrected chi connectivity index (χ0v) is 9.70. The van der Waals surface area contributed by atoms with Crippen molar-refractivity contribution in [2.45, 2.75) is 0 Å². The Morgan fingerprint density at radius 1 is 1.11 bits per heavy atom. The summed E-state index contributed by atoms with van der Waals surface area (Å²) in [6.45, 7) is 0. The first-order chi connectivity index (χ1) is 9.19. The second-order valence-corrected chi connectivity index (χ2v) is 3.63. The molecule has 0 radical (unpaired) electrons. The summed E-state index contributed by atoms with van der Waals surface area (Å²) in [6.07, 6.45) is 2.98. The van der Waals surface area contributed by atoms with E-state index in [0.29, 0.717) is 16.7 Å². The number of benzene rings is 1. The van der Waals surface area contributed by atoms with Gasteiger partial charge in [0.25, 0.3) is 5.69 Å². The van der Waals surface area contributed by atoms with Crippen LogP contribution in [0.4, 0.5) is 5.69 Å². The zero-order chi connectivity index (χ0) is 13.7. The standard InChI is InChI=1S/C14H7N3O2/c15-8-13-6-12(9-16-10-13)5-4-11-2-1-3-14(7-11)17(18)19/h1-3,6-7,9-10H. The summed E-state index contributed by atoms with van der Waals surface area (Å²) in [7, 11) is 0. The molecule has 0 aliphatic heterocycles. The fourth-order valence-corrected chi connectivity index (χ4v) is 1.41. The van der Waals surface area contributed by atoms with Gasteiger partial charge in [0.2, 0.25) is 0 Å². The predicted molar refractivity (Wildman–Crippen MR) is 68.0 cm³/mol. The van der Waals surface area contributed by atoms with Crippen molar-refractivity contribution in [2.24, 2.45) is 0 Å². The summed E-state index contributed by atoms with van der Waals surface area (Å²) >= 11 is 0. The summed E-state index contributed by atoms with van der Waals surface area (Å²) in [5.74, 6) is 5.62. The third-order valence-corrected chi connectivity index (χ3v) is 2.28. The Balaban J connectivity index is 2.31. The van der Waals surface area contributed by atoms with Crippen molar-refractivity contribution in [2.75, 3.05) is 0 Å². The minimum absolute atomic E-state index is 0.00398. The minimum Gasteiger partial charge on any atom is -0.262 e. The maximum Gasteiger partial charge on any atom is 0.270 e. The van der Waals surface area contributed by atoms with Gasteiger partial charge >= 0.3 is 0 Å². The topological polar surface area (TPSA) is 79.8 Å². The van der Waals surface area contributed by atoms with Crippen molar-refractivity contribution in [3.63, 3.8) is 0 Å². The quantitative estimate of drug-likeness (QED) is 0.441. The molecule has 0 saturated carbocycles. The summed E-state index contributed by atoms with van der Waals surface area (Å²) in [6, 6.07) is 9.64. The summed E-state index contributed by atoms with van der Waals surface area (Å²) in [5, 5.41) is 19.4. The second-order valence-electron chi connectivity index (χ2n) is 3.63. The molecule has 5 nitrogen and oxygen atoms in total. The zero-order valence-electron chi connectivity index (χ0n) is 9.70. The number of nitro benzene ring substituents is 1. The van der Waals surface area contributed by atoms with E-state index in [-0.39, 0.29) is 5.69 Å². The van der Waals surface area contributed by atoms with Crippen molar-refractivity contribution < 1.29 is 4.92 Å². The molecule has 1 aromatic heterocycles. The van der Waals surface area contributed by atoms with E-state index in [0.717, 1.165) is 0 Å². The van der Waals surface area contributed by atoms with Gasteiger partial charge in [-0.05, 0) is 12.1 Å². The van der Waals surface area contributed by atoms with E-state index in [1.54, 1.807) is 18.2 Å². The van der Waals surface area contributed by atoms with Gasteiger partial charge in [-0.25, -0.2) is 0 Å². The van der Waals surface area contributed by atoms with E-state index in [1.807, 2.05) is 6.07 Å². The highest BCUT2D eigenvalue weighted by Gasteiger charge is 2.03. The molecular weight excluding hydrogens is 242 g/mol. The molecule has 0 atom stereocenters. The van der Waals surface area contributed by atoms with Crippen molar-refractivity contribution in [1.29, 1.82) is 5.26 Å². The molecule has 0 saturated heterocycles. The lowest BCUT2D eigenvalue weighted by Crippen LogP contribution is -1.88. The second kappa shape index (κ2) is 5.44. The first kappa shape index (κ1) is 12.3. The normalized spacial score (nSPS) is 9.00. The van der Waals surface area contributed by atoms with Crippen molar-refractivity contribution in [1.82, 2.24) is 4.98 Å². The maximum atomic E-state index is 10.6. The molecule has 0 bridgehead atoms. The molecule has 1 aromatic carbocycles. The van der Waals surface area contributed by atoms with E-state index in [1.165, 1.54) is 24.5 Å². The number of rotatable bonds is 1. The lowest BCUT2D eigenvalue weighted by molar-refractivity contribution is -0.384. The van der Waals surface area contributed by atoms with Gasteiger partial charge in [0.15, 0.2) is 0 Å². The molecule has 2 aromatic rings. The Morgan fingerprint density at radius 3 is 2.58 bits per heavy atom. The number of pyridine rings is 1. The first-order valence-electron chi connectivity index (χ1n) is 5.30. The van der Waals surface area contributed by atoms with Gasteiger partial charge < -0.3 is 0 Å². The lowest BCUT2D eigenvalue weighted by Gasteiger charge is -1.92. The molecule has 90 valence electrons. The minimum atomic E-state index is -0.469. The molecule has 0 aliphatic carbocycles. The highest BCUT2D eigenvalue weighted by Crippen LogP contribution is 2.12. The van der Waals surface area contributed by atoms with Crippen LogP contribution in [0.2, 0.25) is 0 Å². The van der Waals surface area contributed by atoms with Gasteiger partial charge in [-0.3, -0.25) is 15.1 Å². The Kier molecular flexibility index (Phi) is 3.51. The van der Waals surface area contributed by atoms with Crippen molar-refractivity contribution in [3.8, 4) is 17.9 Å². The molecule has 0 amide bonds. The average Bonchev–Trinajstić information content (AvgIpc) is 2.45. The number of nitro groups is 1. The van der Waals surface area contributed by atoms with Gasteiger partial charge in [-0.2, -0.15) is 5.26 Å². The summed E-state index contributed by atoms with van der Waals surface area (Å²) < 4.78 is 0. The van der Waals surface area contributed by atoms with Crippen LogP contribution in [0.1, 0.15) is 16.7 Å². The largest absolute Gasteiger partial charge is 0.270 e. The fraction of sp³-hybridized carbons (Fsp3) is 0. The molecule has 0 fully saturated rings. The first-order valence-corrected chi connectivity index (χ1v) is 5.30. The Labute approximate surface area is 109 Å². The van der Waals surface area contributed by atoms with E-state index >= 15 is 0 Å². The molecule has 5 heteroatoms. The van der Waals surface area contributed by atoms with E-state index in [2.05, 4.69) is 16.8 Å². The van der Waals surface area contributed by atoms with Crippen molar-refractivity contribution >= 4 is 5.69 Å². The van der Waals surface area contributed by atoms with Crippen LogP contribution in [0.5, 0.6) is 0 Å². The molecule has 0 unspecified atom stereocenters. The monoisotopic (exact) mass is 249 g/mol. The number of hydrogen-bond donors (Lipinski definition) is 0. The van der Waals surface area contributed by atoms with E-state index in [4.69, 9.17) is 5.26 Å². The van der Waals surface area contributed by atoms with E-state index < -0.39 is 4.92 Å². The molecule has 0 spiro atoms. The van der Waals surface area contributed by atoms with Crippen LogP contribution in [-0.2, 0) is 0 Å². The lowest BCUT2D eigenvalue weighted by atomic mass is 10.1. The molecule has 1 heterocycles. The molecule has 19 heavy (non-hydrogen) atoms. The Hall–Kier alpha value is -3.18. The number of non-ortho nitro benzene ring substituents is 1. The predicted octanol–water partition coefficient (Wildman–Crippen LogP) is 2.26. The van der Waals surface area contributed by atoms with Crippen LogP contribution in [-0.4, -0.2) is 9.91 Å². The third-order valence-electron chi connectivity index (χ3n) is 2.28. The van der Waals surface area contributed by atoms with Gasteiger partial charge in [-0.1, -0.05) is 17.9 Å². The smallest absolute Gasteiger partial charge is 0.262 e. The number of nitriles is 1. The maximum absolute atomic E-state index is 10.6. The highest BCUT2D eigenvalue weighted by atomic mass is 16.6. The van der Waals surface area contributed by atoms with Crippen LogP contribution in [0, 0.1) is 33.3 Å². The van der Waals surface area contributed by atoms with Crippen LogP contribution < -0.4 is 0 Å². The molecular formula is C14H7N3O2. The average molecular weight is 249 g/mol. The van der Waals surface area contributed by atoms with Crippen molar-refractivity contribution in [3.05, 3.63) is 69.5 Å². The number of nitrogens with zero attached hydrogens (tertiary/aromatic N) is 3. The third kappa shape index (κ3) is 3.15. The van der Waals surface area contributed by atoms with Crippen LogP contribution in [0.15, 0.2) is 42.7 Å². The number of hydrogen-bond acceptors (Lipinski definition) is 4.